The number of rotatable bonds is 2. The zero-order valence-corrected chi connectivity index (χ0v) is 8.80. The molecule has 0 aromatic heterocycles. The summed E-state index contributed by atoms with van der Waals surface area (Å²) in [6.45, 7) is 7.08. The monoisotopic (exact) mass is 174 g/mol. The maximum atomic E-state index is 2.41. The molecule has 0 aromatic carbocycles. The van der Waals surface area contributed by atoms with Crippen LogP contribution in [-0.2, 0) is 0 Å². The summed E-state index contributed by atoms with van der Waals surface area (Å²) in [4.78, 5) is 0. The van der Waals surface area contributed by atoms with Crippen LogP contribution in [0.5, 0.6) is 0 Å². The van der Waals surface area contributed by atoms with E-state index in [1.54, 1.807) is 11.1 Å². The Morgan fingerprint density at radius 1 is 1.38 bits per heavy atom. The summed E-state index contributed by atoms with van der Waals surface area (Å²) in [5.41, 5.74) is 4.00. The van der Waals surface area contributed by atoms with Crippen molar-refractivity contribution in [1.29, 1.82) is 0 Å². The van der Waals surface area contributed by atoms with Gasteiger partial charge in [0.15, 0.2) is 0 Å². The van der Waals surface area contributed by atoms with Crippen LogP contribution in [0.2, 0.25) is 0 Å². The minimum atomic E-state index is 0.751. The Hall–Kier alpha value is -0.520. The Bertz CT molecular complexity index is 319. The van der Waals surface area contributed by atoms with Gasteiger partial charge < -0.3 is 0 Å². The zero-order valence-electron chi connectivity index (χ0n) is 8.80. The predicted molar refractivity (Wildman–Crippen MR) is 55.3 cm³/mol. The second-order valence-electron chi connectivity index (χ2n) is 5.36. The van der Waals surface area contributed by atoms with E-state index in [-0.39, 0.29) is 0 Å². The quantitative estimate of drug-likeness (QED) is 0.600. The Morgan fingerprint density at radius 2 is 2.15 bits per heavy atom. The average molecular weight is 174 g/mol. The topological polar surface area (TPSA) is 0 Å². The largest absolute Gasteiger partial charge is 0.0622 e. The third-order valence-corrected chi connectivity index (χ3v) is 4.83. The Morgan fingerprint density at radius 3 is 2.38 bits per heavy atom. The molecule has 2 fully saturated rings. The van der Waals surface area contributed by atoms with Gasteiger partial charge in [0.1, 0.15) is 0 Å². The summed E-state index contributed by atoms with van der Waals surface area (Å²) in [5, 5.41) is 0. The summed E-state index contributed by atoms with van der Waals surface area (Å²) >= 11 is 0. The zero-order chi connectivity index (χ0) is 9.22. The van der Waals surface area contributed by atoms with Crippen molar-refractivity contribution in [2.45, 2.75) is 33.6 Å². The van der Waals surface area contributed by atoms with Gasteiger partial charge in [-0.3, -0.25) is 0 Å². The molecule has 3 rings (SSSR count). The summed E-state index contributed by atoms with van der Waals surface area (Å²) in [6, 6.07) is 0. The van der Waals surface area contributed by atoms with Crippen molar-refractivity contribution in [1.82, 2.24) is 0 Å². The van der Waals surface area contributed by atoms with Gasteiger partial charge >= 0.3 is 0 Å². The van der Waals surface area contributed by atoms with Crippen LogP contribution in [0.4, 0.5) is 0 Å². The van der Waals surface area contributed by atoms with Crippen LogP contribution < -0.4 is 0 Å². The van der Waals surface area contributed by atoms with Crippen LogP contribution in [-0.4, -0.2) is 0 Å². The summed E-state index contributed by atoms with van der Waals surface area (Å²) in [5.74, 6) is 2.91. The molecule has 0 bridgehead atoms. The Labute approximate surface area is 80.7 Å². The highest BCUT2D eigenvalue weighted by atomic mass is 14.8. The Balaban J connectivity index is 1.87. The molecule has 0 heteroatoms. The van der Waals surface area contributed by atoms with E-state index in [2.05, 4.69) is 32.9 Å². The average Bonchev–Trinajstić information content (AvgIpc) is 2.44. The fourth-order valence-corrected chi connectivity index (χ4v) is 3.78. The molecule has 0 saturated heterocycles. The Kier molecular flexibility index (Phi) is 1.27. The normalized spacial score (nSPS) is 45.8. The van der Waals surface area contributed by atoms with E-state index in [1.807, 2.05) is 0 Å². The third-order valence-electron chi connectivity index (χ3n) is 4.83. The number of hydrogen-bond acceptors (Lipinski definition) is 0. The van der Waals surface area contributed by atoms with E-state index in [9.17, 15) is 0 Å². The lowest BCUT2D eigenvalue weighted by atomic mass is 9.75. The highest BCUT2D eigenvalue weighted by Gasteiger charge is 2.72. The van der Waals surface area contributed by atoms with Gasteiger partial charge in [-0.05, 0) is 54.1 Å². The molecular weight excluding hydrogens is 156 g/mol. The van der Waals surface area contributed by atoms with Crippen molar-refractivity contribution in [3.8, 4) is 0 Å². The van der Waals surface area contributed by atoms with Crippen LogP contribution in [0, 0.1) is 23.2 Å². The van der Waals surface area contributed by atoms with E-state index < -0.39 is 0 Å². The van der Waals surface area contributed by atoms with E-state index in [4.69, 9.17) is 0 Å². The van der Waals surface area contributed by atoms with Gasteiger partial charge in [-0.1, -0.05) is 26.0 Å². The van der Waals surface area contributed by atoms with Gasteiger partial charge in [0.25, 0.3) is 0 Å². The van der Waals surface area contributed by atoms with Crippen molar-refractivity contribution < 1.29 is 0 Å². The minimum absolute atomic E-state index is 0.751. The molecule has 2 saturated carbocycles. The highest BCUT2D eigenvalue weighted by molar-refractivity contribution is 5.50. The summed E-state index contributed by atoms with van der Waals surface area (Å²) in [7, 11) is 0. The number of fused-ring (bicyclic) bond motifs is 1. The molecule has 0 N–H and O–H groups in total. The molecule has 70 valence electrons. The number of allylic oxidation sites excluding steroid dienone is 4. The maximum absolute atomic E-state index is 2.41. The molecule has 0 nitrogen and oxygen atoms in total. The molecule has 3 atom stereocenters. The second-order valence-corrected chi connectivity index (χ2v) is 5.36. The first-order valence-corrected chi connectivity index (χ1v) is 5.57. The van der Waals surface area contributed by atoms with Gasteiger partial charge in [-0.15, -0.1) is 0 Å². The molecule has 0 aliphatic heterocycles. The van der Waals surface area contributed by atoms with Crippen LogP contribution in [0.15, 0.2) is 23.3 Å². The summed E-state index contributed by atoms with van der Waals surface area (Å²) < 4.78 is 0. The van der Waals surface area contributed by atoms with E-state index in [0.717, 1.165) is 23.2 Å². The van der Waals surface area contributed by atoms with Crippen molar-refractivity contribution in [3.05, 3.63) is 23.3 Å². The van der Waals surface area contributed by atoms with Gasteiger partial charge in [0.05, 0.1) is 0 Å². The molecule has 3 aliphatic rings. The fourth-order valence-electron chi connectivity index (χ4n) is 3.78. The van der Waals surface area contributed by atoms with Gasteiger partial charge in [0, 0.05) is 0 Å². The van der Waals surface area contributed by atoms with Crippen molar-refractivity contribution in [2.75, 3.05) is 0 Å². The molecule has 0 radical (unpaired) electrons. The minimum Gasteiger partial charge on any atom is -0.0622 e. The van der Waals surface area contributed by atoms with Crippen molar-refractivity contribution >= 4 is 0 Å². The van der Waals surface area contributed by atoms with E-state index in [1.165, 1.54) is 12.8 Å². The third kappa shape index (κ3) is 0.697. The fraction of sp³-hybridized carbons (Fsp3) is 0.692. The lowest BCUT2D eigenvalue weighted by Gasteiger charge is -2.30. The molecule has 0 amide bonds. The van der Waals surface area contributed by atoms with E-state index >= 15 is 0 Å². The van der Waals surface area contributed by atoms with Crippen LogP contribution >= 0.6 is 0 Å². The van der Waals surface area contributed by atoms with Gasteiger partial charge in [0.2, 0.25) is 0 Å². The molecule has 3 aliphatic carbocycles. The predicted octanol–water partition coefficient (Wildman–Crippen LogP) is 3.55. The van der Waals surface area contributed by atoms with E-state index in [0.29, 0.717) is 0 Å². The van der Waals surface area contributed by atoms with Crippen molar-refractivity contribution in [2.24, 2.45) is 23.2 Å². The van der Waals surface area contributed by atoms with Crippen LogP contribution in [0.3, 0.4) is 0 Å². The lowest BCUT2D eigenvalue weighted by molar-refractivity contribution is 0.205. The highest BCUT2D eigenvalue weighted by Crippen LogP contribution is 2.78. The smallest absolute Gasteiger partial charge is 0.00634 e. The first-order valence-electron chi connectivity index (χ1n) is 5.57. The SMILES string of the molecule is CC1=C(C2C3CCC32C(C)C)C=C1. The van der Waals surface area contributed by atoms with Gasteiger partial charge in [-0.25, -0.2) is 0 Å². The van der Waals surface area contributed by atoms with Crippen molar-refractivity contribution in [3.63, 3.8) is 0 Å². The molecule has 13 heavy (non-hydrogen) atoms. The molecule has 0 spiro atoms. The molecule has 0 heterocycles. The van der Waals surface area contributed by atoms with Crippen LogP contribution in [0.25, 0.3) is 0 Å². The second kappa shape index (κ2) is 2.10. The first-order chi connectivity index (χ1) is 6.18. The standard InChI is InChI=1S/C13H18/c1-8(2)13-7-6-11(13)12(13)10-5-4-9(10)3/h4-5,8,11-12H,6-7H2,1-3H3. The molecule has 3 unspecified atom stereocenters. The van der Waals surface area contributed by atoms with Crippen LogP contribution in [0.1, 0.15) is 33.6 Å². The lowest BCUT2D eigenvalue weighted by Crippen LogP contribution is -2.21. The number of hydrogen-bond donors (Lipinski definition) is 0. The molecule has 0 aromatic rings. The maximum Gasteiger partial charge on any atom is -0.00634 e. The summed E-state index contributed by atoms with van der Waals surface area (Å²) in [6.07, 6.45) is 7.60. The van der Waals surface area contributed by atoms with Gasteiger partial charge in [-0.2, -0.15) is 0 Å². The molecular formula is C13H18. The first kappa shape index (κ1) is 7.84.